The van der Waals surface area contributed by atoms with Gasteiger partial charge in [0.25, 0.3) is 5.91 Å². The first-order chi connectivity index (χ1) is 13.9. The molecule has 6 heteroatoms. The molecule has 29 heavy (non-hydrogen) atoms. The molecule has 0 fully saturated rings. The summed E-state index contributed by atoms with van der Waals surface area (Å²) < 4.78 is 5.73. The van der Waals surface area contributed by atoms with E-state index < -0.39 is 11.9 Å². The second-order valence-electron chi connectivity index (χ2n) is 6.51. The summed E-state index contributed by atoms with van der Waals surface area (Å²) in [6.45, 7) is 3.67. The number of anilines is 1. The van der Waals surface area contributed by atoms with Crippen molar-refractivity contribution in [2.24, 2.45) is 0 Å². The maximum atomic E-state index is 12.4. The van der Waals surface area contributed by atoms with Crippen molar-refractivity contribution in [1.82, 2.24) is 0 Å². The highest BCUT2D eigenvalue weighted by Crippen LogP contribution is 2.27. The number of nitrogens with one attached hydrogen (secondary N) is 1. The number of carboxylic acids is 1. The van der Waals surface area contributed by atoms with Gasteiger partial charge in [-0.3, -0.25) is 4.79 Å². The number of aromatic carboxylic acids is 1. The first-order valence-electron chi connectivity index (χ1n) is 8.79. The van der Waals surface area contributed by atoms with E-state index in [1.165, 1.54) is 18.2 Å². The number of amides is 1. The zero-order valence-corrected chi connectivity index (χ0v) is 15.9. The molecule has 1 aromatic heterocycles. The molecule has 0 radical (unpaired) electrons. The van der Waals surface area contributed by atoms with Gasteiger partial charge in [0.1, 0.15) is 23.2 Å². The van der Waals surface area contributed by atoms with Crippen LogP contribution in [0.5, 0.6) is 0 Å². The molecule has 1 heterocycles. The summed E-state index contributed by atoms with van der Waals surface area (Å²) in [7, 11) is 0. The minimum absolute atomic E-state index is 0.0810. The normalized spacial score (nSPS) is 11.0. The third-order valence-electron chi connectivity index (χ3n) is 4.28. The third kappa shape index (κ3) is 4.60. The average Bonchev–Trinajstić information content (AvgIpc) is 3.14. The van der Waals surface area contributed by atoms with Crippen molar-refractivity contribution in [2.75, 3.05) is 5.32 Å². The van der Waals surface area contributed by atoms with Gasteiger partial charge in [0.15, 0.2) is 0 Å². The Morgan fingerprint density at radius 1 is 1.10 bits per heavy atom. The van der Waals surface area contributed by atoms with Crippen LogP contribution in [0.1, 0.15) is 27.2 Å². The topological polar surface area (TPSA) is 106 Å². The van der Waals surface area contributed by atoms with Crippen LogP contribution in [0.2, 0.25) is 0 Å². The molecule has 0 aliphatic rings. The van der Waals surface area contributed by atoms with Gasteiger partial charge in [-0.1, -0.05) is 24.3 Å². The van der Waals surface area contributed by atoms with E-state index >= 15 is 0 Å². The molecule has 3 rings (SSSR count). The molecule has 0 atom stereocenters. The number of carbonyl (C=O) groups excluding carboxylic acids is 2. The van der Waals surface area contributed by atoms with E-state index in [9.17, 15) is 20.0 Å². The van der Waals surface area contributed by atoms with Crippen LogP contribution in [0.3, 0.4) is 0 Å². The van der Waals surface area contributed by atoms with Gasteiger partial charge in [-0.2, -0.15) is 5.26 Å². The van der Waals surface area contributed by atoms with Crippen LogP contribution in [-0.4, -0.2) is 11.9 Å². The van der Waals surface area contributed by atoms with Gasteiger partial charge in [-0.05, 0) is 60.9 Å². The smallest absolute Gasteiger partial charge is 0.266 e. The number of hydrogen-bond donors (Lipinski definition) is 1. The van der Waals surface area contributed by atoms with Crippen molar-refractivity contribution in [3.05, 3.63) is 82.6 Å². The number of hydrogen-bond acceptors (Lipinski definition) is 5. The monoisotopic (exact) mass is 385 g/mol. The van der Waals surface area contributed by atoms with Gasteiger partial charge in [0, 0.05) is 17.3 Å². The molecular weight excluding hydrogens is 368 g/mol. The van der Waals surface area contributed by atoms with Gasteiger partial charge < -0.3 is 19.6 Å². The highest BCUT2D eigenvalue weighted by atomic mass is 16.4. The lowest BCUT2D eigenvalue weighted by molar-refractivity contribution is -0.255. The second kappa shape index (κ2) is 8.28. The number of nitrogens with zero attached hydrogens (tertiary/aromatic N) is 1. The lowest BCUT2D eigenvalue weighted by Gasteiger charge is -2.07. The second-order valence-corrected chi connectivity index (χ2v) is 6.51. The van der Waals surface area contributed by atoms with E-state index in [1.807, 2.05) is 25.1 Å². The Bertz CT molecular complexity index is 1170. The van der Waals surface area contributed by atoms with Crippen molar-refractivity contribution < 1.29 is 19.1 Å². The highest BCUT2D eigenvalue weighted by Gasteiger charge is 2.12. The van der Waals surface area contributed by atoms with Crippen molar-refractivity contribution in [2.45, 2.75) is 13.8 Å². The molecule has 0 aliphatic carbocycles. The predicted octanol–water partition coefficient (Wildman–Crippen LogP) is 3.47. The number of aryl methyl sites for hydroxylation is 2. The van der Waals surface area contributed by atoms with Crippen LogP contribution in [0, 0.1) is 25.2 Å². The molecule has 0 bridgehead atoms. The van der Waals surface area contributed by atoms with Crippen LogP contribution in [0.25, 0.3) is 17.4 Å². The van der Waals surface area contributed by atoms with E-state index in [0.717, 1.165) is 5.56 Å². The van der Waals surface area contributed by atoms with Gasteiger partial charge >= 0.3 is 0 Å². The van der Waals surface area contributed by atoms with Gasteiger partial charge in [-0.15, -0.1) is 0 Å². The van der Waals surface area contributed by atoms with E-state index in [2.05, 4.69) is 5.32 Å². The summed E-state index contributed by atoms with van der Waals surface area (Å²) in [6, 6.07) is 17.0. The fourth-order valence-corrected chi connectivity index (χ4v) is 2.85. The Balaban J connectivity index is 1.83. The zero-order chi connectivity index (χ0) is 21.0. The minimum atomic E-state index is -1.25. The van der Waals surface area contributed by atoms with Gasteiger partial charge in [-0.25, -0.2) is 0 Å². The Labute approximate surface area is 167 Å². The Kier molecular flexibility index (Phi) is 5.61. The molecule has 2 aromatic carbocycles. The molecular formula is C23H17N2O4-. The summed E-state index contributed by atoms with van der Waals surface area (Å²) in [5.74, 6) is -0.958. The summed E-state index contributed by atoms with van der Waals surface area (Å²) >= 11 is 0. The van der Waals surface area contributed by atoms with E-state index in [0.29, 0.717) is 28.3 Å². The van der Waals surface area contributed by atoms with Crippen LogP contribution in [0.4, 0.5) is 5.69 Å². The first kappa shape index (κ1) is 19.6. The third-order valence-corrected chi connectivity index (χ3v) is 4.28. The summed E-state index contributed by atoms with van der Waals surface area (Å²) in [6.07, 6.45) is 1.36. The zero-order valence-electron chi connectivity index (χ0n) is 15.9. The van der Waals surface area contributed by atoms with Crippen LogP contribution >= 0.6 is 0 Å². The Hall–Kier alpha value is -4.11. The fourth-order valence-electron chi connectivity index (χ4n) is 2.85. The fraction of sp³-hybridized carbons (Fsp3) is 0.0870. The molecule has 1 amide bonds. The van der Waals surface area contributed by atoms with E-state index in [4.69, 9.17) is 4.42 Å². The van der Waals surface area contributed by atoms with Crippen LogP contribution in [0.15, 0.2) is 64.6 Å². The Morgan fingerprint density at radius 3 is 2.55 bits per heavy atom. The van der Waals surface area contributed by atoms with Gasteiger partial charge in [0.05, 0.1) is 5.97 Å². The molecule has 1 N–H and O–H groups in total. The van der Waals surface area contributed by atoms with Crippen molar-refractivity contribution in [3.8, 4) is 17.4 Å². The molecule has 6 nitrogen and oxygen atoms in total. The SMILES string of the molecule is Cc1cccc(NC(=O)/C(C#N)=C\c2ccc(-c3ccc(C(=O)[O-])cc3C)o2)c1. The molecule has 144 valence electrons. The lowest BCUT2D eigenvalue weighted by atomic mass is 10.0. The number of carboxylic acid groups (broad SMARTS) is 1. The van der Waals surface area contributed by atoms with Crippen LogP contribution < -0.4 is 10.4 Å². The number of furan rings is 1. The first-order valence-corrected chi connectivity index (χ1v) is 8.79. The molecule has 0 saturated carbocycles. The largest absolute Gasteiger partial charge is 0.545 e. The Morgan fingerprint density at radius 2 is 1.90 bits per heavy atom. The van der Waals surface area contributed by atoms with E-state index in [-0.39, 0.29) is 11.1 Å². The maximum Gasteiger partial charge on any atom is 0.266 e. The van der Waals surface area contributed by atoms with Crippen LogP contribution in [-0.2, 0) is 4.79 Å². The highest BCUT2D eigenvalue weighted by molar-refractivity contribution is 6.09. The van der Waals surface area contributed by atoms with Crippen molar-refractivity contribution >= 4 is 23.6 Å². The number of rotatable bonds is 5. The molecule has 0 spiro atoms. The molecule has 0 aliphatic heterocycles. The van der Waals surface area contributed by atoms with Crippen molar-refractivity contribution in [1.29, 1.82) is 5.26 Å². The minimum Gasteiger partial charge on any atom is -0.545 e. The molecule has 0 unspecified atom stereocenters. The average molecular weight is 385 g/mol. The molecule has 3 aromatic rings. The standard InChI is InChI=1S/C23H18N2O4/c1-14-4-3-5-18(10-14)25-22(26)17(13-24)12-19-7-9-21(29-19)20-8-6-16(23(27)28)11-15(20)2/h3-12H,1-2H3,(H,25,26)(H,27,28)/p-1/b17-12-. The molecule has 0 saturated heterocycles. The number of benzene rings is 2. The lowest BCUT2D eigenvalue weighted by Crippen LogP contribution is -2.22. The predicted molar refractivity (Wildman–Crippen MR) is 107 cm³/mol. The van der Waals surface area contributed by atoms with Gasteiger partial charge in [0.2, 0.25) is 0 Å². The summed E-state index contributed by atoms with van der Waals surface area (Å²) in [5.41, 5.74) is 2.97. The number of carbonyl (C=O) groups is 2. The van der Waals surface area contributed by atoms with E-state index in [1.54, 1.807) is 37.3 Å². The summed E-state index contributed by atoms with van der Waals surface area (Å²) in [5, 5.41) is 23.0. The quantitative estimate of drug-likeness (QED) is 0.535. The number of nitriles is 1. The maximum absolute atomic E-state index is 12.4. The van der Waals surface area contributed by atoms with Crippen molar-refractivity contribution in [3.63, 3.8) is 0 Å². The summed E-state index contributed by atoms with van der Waals surface area (Å²) in [4.78, 5) is 23.3.